The minimum atomic E-state index is 0.431. The largest absolute Gasteiger partial charge is 0.255 e. The van der Waals surface area contributed by atoms with E-state index in [-0.39, 0.29) is 0 Å². The van der Waals surface area contributed by atoms with Gasteiger partial charge >= 0.3 is 0 Å². The second-order valence-corrected chi connectivity index (χ2v) is 8.11. The van der Waals surface area contributed by atoms with Gasteiger partial charge in [-0.05, 0) is 55.8 Å². The highest BCUT2D eigenvalue weighted by atomic mass is 15.4. The molecular weight excluding hydrogens is 232 g/mol. The van der Waals surface area contributed by atoms with Crippen molar-refractivity contribution >= 4 is 0 Å². The Kier molecular flexibility index (Phi) is 5.30. The van der Waals surface area contributed by atoms with Crippen LogP contribution in [0.1, 0.15) is 79.1 Å². The molecule has 2 rings (SSSR count). The van der Waals surface area contributed by atoms with Crippen LogP contribution >= 0.6 is 0 Å². The van der Waals surface area contributed by atoms with E-state index in [0.29, 0.717) is 17.5 Å². The van der Waals surface area contributed by atoms with E-state index in [2.05, 4.69) is 38.5 Å². The summed E-state index contributed by atoms with van der Waals surface area (Å²) in [6.45, 7) is 9.60. The van der Waals surface area contributed by atoms with Crippen molar-refractivity contribution in [2.24, 2.45) is 17.3 Å². The molecule has 112 valence electrons. The van der Waals surface area contributed by atoms with Gasteiger partial charge < -0.3 is 0 Å². The highest BCUT2D eigenvalue weighted by Crippen LogP contribution is 2.37. The molecule has 0 bridgehead atoms. The molecule has 2 heteroatoms. The summed E-state index contributed by atoms with van der Waals surface area (Å²) in [4.78, 5) is 0. The van der Waals surface area contributed by atoms with Gasteiger partial charge in [0.05, 0.1) is 0 Å². The molecule has 0 amide bonds. The van der Waals surface area contributed by atoms with Crippen molar-refractivity contribution in [1.82, 2.24) is 10.9 Å². The fraction of sp³-hybridized carbons (Fsp3) is 1.00. The quantitative estimate of drug-likeness (QED) is 0.746. The zero-order valence-corrected chi connectivity index (χ0v) is 13.5. The molecule has 0 heterocycles. The lowest BCUT2D eigenvalue weighted by Gasteiger charge is -2.42. The van der Waals surface area contributed by atoms with Crippen molar-refractivity contribution in [3.8, 4) is 0 Å². The third-order valence-electron chi connectivity index (χ3n) is 5.37. The Balaban J connectivity index is 1.80. The van der Waals surface area contributed by atoms with Gasteiger partial charge in [0, 0.05) is 12.1 Å². The van der Waals surface area contributed by atoms with Crippen molar-refractivity contribution in [1.29, 1.82) is 0 Å². The van der Waals surface area contributed by atoms with Crippen molar-refractivity contribution < 1.29 is 0 Å². The molecule has 2 aliphatic rings. The first kappa shape index (κ1) is 15.3. The summed E-state index contributed by atoms with van der Waals surface area (Å²) in [5, 5.41) is 0. The van der Waals surface area contributed by atoms with Gasteiger partial charge in [0.2, 0.25) is 0 Å². The zero-order chi connectivity index (χ0) is 13.9. The Hall–Kier alpha value is -0.0800. The smallest absolute Gasteiger partial charge is 0.0246 e. The molecule has 0 aromatic rings. The van der Waals surface area contributed by atoms with Crippen LogP contribution in [0.15, 0.2) is 0 Å². The average molecular weight is 266 g/mol. The summed E-state index contributed by atoms with van der Waals surface area (Å²) in [5.74, 6) is 1.76. The number of hydrogen-bond donors (Lipinski definition) is 2. The highest BCUT2D eigenvalue weighted by molar-refractivity contribution is 4.88. The maximum Gasteiger partial charge on any atom is 0.0246 e. The fourth-order valence-electron chi connectivity index (χ4n) is 3.97. The zero-order valence-electron chi connectivity index (χ0n) is 13.5. The summed E-state index contributed by atoms with van der Waals surface area (Å²) >= 11 is 0. The molecule has 2 N–H and O–H groups in total. The second-order valence-electron chi connectivity index (χ2n) is 8.11. The van der Waals surface area contributed by atoms with Gasteiger partial charge in [-0.3, -0.25) is 10.9 Å². The van der Waals surface area contributed by atoms with Gasteiger partial charge in [0.25, 0.3) is 0 Å². The van der Waals surface area contributed by atoms with Crippen LogP contribution in [0.4, 0.5) is 0 Å². The van der Waals surface area contributed by atoms with Crippen LogP contribution in [0.2, 0.25) is 0 Å². The van der Waals surface area contributed by atoms with Gasteiger partial charge in [-0.15, -0.1) is 0 Å². The first-order valence-electron chi connectivity index (χ1n) is 8.48. The topological polar surface area (TPSA) is 24.1 Å². The Morgan fingerprint density at radius 2 is 1.42 bits per heavy atom. The molecule has 2 aliphatic carbocycles. The molecule has 2 nitrogen and oxygen atoms in total. The monoisotopic (exact) mass is 266 g/mol. The Bertz CT molecular complexity index is 261. The van der Waals surface area contributed by atoms with Gasteiger partial charge in [-0.1, -0.05) is 40.5 Å². The molecule has 0 aromatic carbocycles. The fourth-order valence-corrected chi connectivity index (χ4v) is 3.97. The minimum absolute atomic E-state index is 0.431. The Morgan fingerprint density at radius 1 is 0.789 bits per heavy atom. The normalized spacial score (nSPS) is 37.3. The van der Waals surface area contributed by atoms with E-state index < -0.39 is 0 Å². The molecule has 2 atom stereocenters. The van der Waals surface area contributed by atoms with E-state index in [0.717, 1.165) is 11.8 Å². The predicted octanol–water partition coefficient (Wildman–Crippen LogP) is 4.26. The number of rotatable bonds is 3. The summed E-state index contributed by atoms with van der Waals surface area (Å²) in [7, 11) is 0. The lowest BCUT2D eigenvalue weighted by atomic mass is 9.70. The third kappa shape index (κ3) is 4.46. The van der Waals surface area contributed by atoms with E-state index in [9.17, 15) is 0 Å². The van der Waals surface area contributed by atoms with Crippen LogP contribution in [0.5, 0.6) is 0 Å². The predicted molar refractivity (Wildman–Crippen MR) is 82.9 cm³/mol. The maximum absolute atomic E-state index is 3.71. The molecule has 19 heavy (non-hydrogen) atoms. The van der Waals surface area contributed by atoms with Gasteiger partial charge in [-0.25, -0.2) is 0 Å². The molecule has 2 unspecified atom stereocenters. The van der Waals surface area contributed by atoms with Crippen molar-refractivity contribution in [3.05, 3.63) is 0 Å². The van der Waals surface area contributed by atoms with Crippen molar-refractivity contribution in [2.45, 2.75) is 91.1 Å². The molecule has 0 aliphatic heterocycles. The van der Waals surface area contributed by atoms with Crippen molar-refractivity contribution in [2.75, 3.05) is 0 Å². The SMILES string of the molecule is CC1CCC(NNC2CCCCC2C(C)(C)C)CC1. The summed E-state index contributed by atoms with van der Waals surface area (Å²) < 4.78 is 0. The van der Waals surface area contributed by atoms with Crippen LogP contribution in [-0.2, 0) is 0 Å². The number of nitrogens with one attached hydrogen (secondary N) is 2. The van der Waals surface area contributed by atoms with Crippen LogP contribution < -0.4 is 10.9 Å². The Morgan fingerprint density at radius 3 is 2.05 bits per heavy atom. The first-order valence-corrected chi connectivity index (χ1v) is 8.48. The standard InChI is InChI=1S/C17H34N2/c1-13-9-11-14(12-10-13)18-19-16-8-6-5-7-15(16)17(2,3)4/h13-16,18-19H,5-12H2,1-4H3. The minimum Gasteiger partial charge on any atom is -0.255 e. The molecule has 0 saturated heterocycles. The molecule has 0 aromatic heterocycles. The average Bonchev–Trinajstić information content (AvgIpc) is 2.37. The molecule has 2 fully saturated rings. The summed E-state index contributed by atoms with van der Waals surface area (Å²) in [6, 6.07) is 1.38. The van der Waals surface area contributed by atoms with Crippen molar-refractivity contribution in [3.63, 3.8) is 0 Å². The van der Waals surface area contributed by atoms with Crippen LogP contribution in [-0.4, -0.2) is 12.1 Å². The molecule has 0 spiro atoms. The van der Waals surface area contributed by atoms with Crippen LogP contribution in [0, 0.1) is 17.3 Å². The molecule has 2 saturated carbocycles. The summed E-state index contributed by atoms with van der Waals surface area (Å²) in [5.41, 5.74) is 7.81. The second kappa shape index (κ2) is 6.58. The molecule has 0 radical (unpaired) electrons. The van der Waals surface area contributed by atoms with Crippen LogP contribution in [0.25, 0.3) is 0 Å². The number of hydrazine groups is 1. The van der Waals surface area contributed by atoms with Gasteiger partial charge in [0.15, 0.2) is 0 Å². The van der Waals surface area contributed by atoms with E-state index in [1.807, 2.05) is 0 Å². The van der Waals surface area contributed by atoms with Crippen LogP contribution in [0.3, 0.4) is 0 Å². The van der Waals surface area contributed by atoms with Gasteiger partial charge in [-0.2, -0.15) is 0 Å². The number of hydrogen-bond acceptors (Lipinski definition) is 2. The van der Waals surface area contributed by atoms with E-state index in [4.69, 9.17) is 0 Å². The highest BCUT2D eigenvalue weighted by Gasteiger charge is 2.34. The third-order valence-corrected chi connectivity index (χ3v) is 5.37. The van der Waals surface area contributed by atoms with Gasteiger partial charge in [0.1, 0.15) is 0 Å². The molecular formula is C17H34N2. The summed E-state index contributed by atoms with van der Waals surface area (Å²) in [6.07, 6.45) is 11.0. The van der Waals surface area contributed by atoms with E-state index in [1.54, 1.807) is 0 Å². The van der Waals surface area contributed by atoms with E-state index >= 15 is 0 Å². The van der Waals surface area contributed by atoms with E-state index in [1.165, 1.54) is 51.4 Å². The lowest BCUT2D eigenvalue weighted by molar-refractivity contribution is 0.113. The first-order chi connectivity index (χ1) is 8.97. The lowest BCUT2D eigenvalue weighted by Crippen LogP contribution is -2.53. The Labute approximate surface area is 120 Å². The maximum atomic E-state index is 3.71.